The van der Waals surface area contributed by atoms with E-state index < -0.39 is 51.7 Å². The highest BCUT2D eigenvalue weighted by Crippen LogP contribution is 2.53. The van der Waals surface area contributed by atoms with Gasteiger partial charge in [0.1, 0.15) is 5.56 Å². The minimum Gasteiger partial charge on any atom is -0.203 e. The molecule has 21 heavy (non-hydrogen) atoms. The molecule has 0 bridgehead atoms. The molecule has 0 radical (unpaired) electrons. The molecule has 1 aromatic carbocycles. The normalized spacial score (nSPS) is 13.7. The molecule has 0 aromatic heterocycles. The van der Waals surface area contributed by atoms with Crippen LogP contribution in [-0.4, -0.2) is 12.1 Å². The van der Waals surface area contributed by atoms with Crippen molar-refractivity contribution in [3.05, 3.63) is 28.8 Å². The minimum absolute atomic E-state index is 1.79. The van der Waals surface area contributed by atoms with E-state index in [4.69, 9.17) is 0 Å². The Labute approximate surface area is 114 Å². The van der Waals surface area contributed by atoms with Crippen molar-refractivity contribution in [2.24, 2.45) is 0 Å². The molecular formula is C9HF11S. The van der Waals surface area contributed by atoms with Crippen molar-refractivity contribution in [1.29, 1.82) is 0 Å². The van der Waals surface area contributed by atoms with E-state index in [0.717, 1.165) is 0 Å². The van der Waals surface area contributed by atoms with Crippen molar-refractivity contribution in [3.63, 3.8) is 0 Å². The molecule has 0 nitrogen and oxygen atoms in total. The van der Waals surface area contributed by atoms with Crippen LogP contribution >= 0.6 is 12.6 Å². The van der Waals surface area contributed by atoms with Gasteiger partial charge >= 0.3 is 18.0 Å². The van der Waals surface area contributed by atoms with Crippen molar-refractivity contribution < 1.29 is 48.3 Å². The number of thiol groups is 1. The summed E-state index contributed by atoms with van der Waals surface area (Å²) in [6, 6.07) is 0. The van der Waals surface area contributed by atoms with E-state index in [-0.39, 0.29) is 0 Å². The zero-order chi connectivity index (χ0) is 17.0. The first-order valence-corrected chi connectivity index (χ1v) is 5.00. The van der Waals surface area contributed by atoms with Crippen molar-refractivity contribution in [3.8, 4) is 0 Å². The fourth-order valence-corrected chi connectivity index (χ4v) is 1.43. The van der Waals surface area contributed by atoms with Crippen LogP contribution in [0.5, 0.6) is 0 Å². The second-order valence-corrected chi connectivity index (χ2v) is 4.07. The van der Waals surface area contributed by atoms with E-state index in [0.29, 0.717) is 0 Å². The van der Waals surface area contributed by atoms with Gasteiger partial charge in [0.25, 0.3) is 0 Å². The zero-order valence-electron chi connectivity index (χ0n) is 9.10. The molecule has 0 aliphatic rings. The van der Waals surface area contributed by atoms with Gasteiger partial charge in [-0.15, -0.1) is 12.6 Å². The maximum atomic E-state index is 13.1. The van der Waals surface area contributed by atoms with Crippen LogP contribution in [0.4, 0.5) is 48.3 Å². The Morgan fingerprint density at radius 3 is 1.24 bits per heavy atom. The van der Waals surface area contributed by atoms with Gasteiger partial charge in [-0.25, -0.2) is 17.6 Å². The molecule has 0 aliphatic carbocycles. The Morgan fingerprint density at radius 2 is 0.952 bits per heavy atom. The van der Waals surface area contributed by atoms with Crippen LogP contribution in [0.25, 0.3) is 0 Å². The van der Waals surface area contributed by atoms with E-state index in [9.17, 15) is 48.3 Å². The average Bonchev–Trinajstić information content (AvgIpc) is 2.32. The summed E-state index contributed by atoms with van der Waals surface area (Å²) in [7, 11) is 0. The van der Waals surface area contributed by atoms with Crippen molar-refractivity contribution in [2.45, 2.75) is 22.9 Å². The van der Waals surface area contributed by atoms with Gasteiger partial charge in [0.05, 0.1) is 4.90 Å². The maximum absolute atomic E-state index is 13.1. The molecule has 0 atom stereocenters. The van der Waals surface area contributed by atoms with Crippen molar-refractivity contribution in [2.75, 3.05) is 0 Å². The highest BCUT2D eigenvalue weighted by atomic mass is 32.1. The Bertz CT molecular complexity index is 545. The van der Waals surface area contributed by atoms with Crippen LogP contribution in [0, 0.1) is 23.3 Å². The summed E-state index contributed by atoms with van der Waals surface area (Å²) in [6.07, 6.45) is -6.93. The first kappa shape index (κ1) is 17.9. The monoisotopic (exact) mass is 350 g/mol. The van der Waals surface area contributed by atoms with E-state index in [1.807, 2.05) is 0 Å². The predicted octanol–water partition coefficient (Wildman–Crippen LogP) is 4.82. The lowest BCUT2D eigenvalue weighted by molar-refractivity contribution is -0.360. The molecule has 1 aromatic rings. The van der Waals surface area contributed by atoms with Gasteiger partial charge in [0.2, 0.25) is 0 Å². The first-order valence-electron chi connectivity index (χ1n) is 4.55. The lowest BCUT2D eigenvalue weighted by Crippen LogP contribution is -2.51. The molecule has 0 amide bonds. The van der Waals surface area contributed by atoms with Gasteiger partial charge in [-0.05, 0) is 0 Å². The molecular weight excluding hydrogens is 349 g/mol. The topological polar surface area (TPSA) is 0 Å². The second kappa shape index (κ2) is 4.92. The lowest BCUT2D eigenvalue weighted by atomic mass is 10.00. The van der Waals surface area contributed by atoms with E-state index in [1.54, 1.807) is 0 Å². The van der Waals surface area contributed by atoms with E-state index >= 15 is 0 Å². The fourth-order valence-electron chi connectivity index (χ4n) is 1.23. The Balaban J connectivity index is 3.76. The third-order valence-corrected chi connectivity index (χ3v) is 2.70. The molecule has 0 spiro atoms. The third-order valence-electron chi connectivity index (χ3n) is 2.30. The summed E-state index contributed by atoms with van der Waals surface area (Å²) in [6.45, 7) is 0. The van der Waals surface area contributed by atoms with Crippen LogP contribution in [0.3, 0.4) is 0 Å². The van der Waals surface area contributed by atoms with Gasteiger partial charge in [0.15, 0.2) is 23.3 Å². The van der Waals surface area contributed by atoms with Crippen LogP contribution in [0.2, 0.25) is 0 Å². The minimum atomic E-state index is -6.97. The standard InChI is InChI=1S/C9HF11S/c10-2-1(3(11)5(13)6(21)4(2)12)7(14,15)8(16,17)9(18,19)20/h21H. The molecule has 0 aliphatic heterocycles. The van der Waals surface area contributed by atoms with Crippen molar-refractivity contribution >= 4 is 12.6 Å². The molecule has 0 heterocycles. The number of hydrogen-bond acceptors (Lipinski definition) is 1. The third kappa shape index (κ3) is 2.42. The zero-order valence-corrected chi connectivity index (χ0v) is 10.00. The highest BCUT2D eigenvalue weighted by molar-refractivity contribution is 7.80. The van der Waals surface area contributed by atoms with Crippen LogP contribution in [0.15, 0.2) is 4.90 Å². The molecule has 0 N–H and O–H groups in total. The summed E-state index contributed by atoms with van der Waals surface area (Å²) in [5.41, 5.74) is -3.38. The molecule has 0 unspecified atom stereocenters. The van der Waals surface area contributed by atoms with Crippen LogP contribution in [0.1, 0.15) is 5.56 Å². The molecule has 0 saturated heterocycles. The SMILES string of the molecule is Fc1c(F)c(C(F)(F)C(F)(F)C(F)(F)F)c(F)c(F)c1S. The van der Waals surface area contributed by atoms with Gasteiger partial charge in [-0.3, -0.25) is 0 Å². The molecule has 0 fully saturated rings. The van der Waals surface area contributed by atoms with Gasteiger partial charge in [-0.1, -0.05) is 0 Å². The Hall–Kier alpha value is -1.20. The molecule has 1 rings (SSSR count). The molecule has 12 heteroatoms. The smallest absolute Gasteiger partial charge is 0.203 e. The van der Waals surface area contributed by atoms with Crippen LogP contribution in [-0.2, 0) is 5.92 Å². The number of rotatable bonds is 2. The molecule has 0 saturated carbocycles. The number of alkyl halides is 7. The number of hydrogen-bond donors (Lipinski definition) is 1. The molecule has 120 valence electrons. The maximum Gasteiger partial charge on any atom is 0.460 e. The number of benzene rings is 1. The van der Waals surface area contributed by atoms with E-state index in [1.165, 1.54) is 0 Å². The largest absolute Gasteiger partial charge is 0.460 e. The summed E-state index contributed by atoms with van der Waals surface area (Å²) in [5.74, 6) is -25.0. The van der Waals surface area contributed by atoms with Crippen molar-refractivity contribution in [1.82, 2.24) is 0 Å². The quantitative estimate of drug-likeness (QED) is 0.441. The second-order valence-electron chi connectivity index (χ2n) is 3.63. The highest BCUT2D eigenvalue weighted by Gasteiger charge is 2.75. The fraction of sp³-hybridized carbons (Fsp3) is 0.333. The Kier molecular flexibility index (Phi) is 4.18. The summed E-state index contributed by atoms with van der Waals surface area (Å²) in [4.78, 5) is -1.79. The van der Waals surface area contributed by atoms with Gasteiger partial charge < -0.3 is 0 Å². The lowest BCUT2D eigenvalue weighted by Gasteiger charge is -2.29. The summed E-state index contributed by atoms with van der Waals surface area (Å²) in [5, 5.41) is 0. The van der Waals surface area contributed by atoms with E-state index in [2.05, 4.69) is 12.6 Å². The summed E-state index contributed by atoms with van der Waals surface area (Å²) >= 11 is 2.84. The Morgan fingerprint density at radius 1 is 0.619 bits per heavy atom. The van der Waals surface area contributed by atoms with Gasteiger partial charge in [0, 0.05) is 0 Å². The number of halogens is 11. The van der Waals surface area contributed by atoms with Gasteiger partial charge in [-0.2, -0.15) is 30.7 Å². The van der Waals surface area contributed by atoms with Crippen LogP contribution < -0.4 is 0 Å². The summed E-state index contributed by atoms with van der Waals surface area (Å²) < 4.78 is 139. The first-order chi connectivity index (χ1) is 9.18. The average molecular weight is 350 g/mol. The predicted molar refractivity (Wildman–Crippen MR) is 48.4 cm³/mol.